The Morgan fingerprint density at radius 1 is 0.896 bits per heavy atom. The van der Waals surface area contributed by atoms with Crippen molar-refractivity contribution < 1.29 is 37.0 Å². The van der Waals surface area contributed by atoms with E-state index in [-0.39, 0.29) is 10.7 Å². The molecule has 0 aliphatic carbocycles. The van der Waals surface area contributed by atoms with Crippen LogP contribution in [0.15, 0.2) is 102 Å². The van der Waals surface area contributed by atoms with Crippen LogP contribution in [0.5, 0.6) is 11.5 Å². The fourth-order valence-electron chi connectivity index (χ4n) is 4.44. The molecule has 4 rings (SSSR count). The number of hydrogen-bond acceptors (Lipinski definition) is 6. The number of anilines is 2. The SMILES string of the molecule is CCC(Sc1cccc(NC(=O)/C(=C\c2ccc(OC)cc2OC)NC(=O)c2ccccc2)c1)C(=O)Nc1ccc(Cl)cc1C(F)(F)F. The lowest BCUT2D eigenvalue weighted by molar-refractivity contribution is -0.137. The van der Waals surface area contributed by atoms with Gasteiger partial charge in [-0.25, -0.2) is 0 Å². The molecule has 0 aliphatic rings. The van der Waals surface area contributed by atoms with Crippen LogP contribution >= 0.6 is 23.4 Å². The molecule has 0 heterocycles. The van der Waals surface area contributed by atoms with E-state index in [1.807, 2.05) is 0 Å². The third-order valence-electron chi connectivity index (χ3n) is 6.85. The molecular formula is C35H31ClF3N3O5S. The number of rotatable bonds is 12. The van der Waals surface area contributed by atoms with Gasteiger partial charge in [-0.05, 0) is 73.2 Å². The average molecular weight is 698 g/mol. The van der Waals surface area contributed by atoms with Gasteiger partial charge >= 0.3 is 6.18 Å². The molecule has 0 radical (unpaired) electrons. The van der Waals surface area contributed by atoms with Crippen LogP contribution in [0.4, 0.5) is 24.5 Å². The fraction of sp³-hybridized carbons (Fsp3) is 0.171. The van der Waals surface area contributed by atoms with E-state index in [1.54, 1.807) is 79.7 Å². The molecule has 13 heteroatoms. The minimum absolute atomic E-state index is 0.0837. The first-order chi connectivity index (χ1) is 22.9. The lowest BCUT2D eigenvalue weighted by Crippen LogP contribution is -2.30. The highest BCUT2D eigenvalue weighted by Gasteiger charge is 2.34. The Balaban J connectivity index is 1.56. The molecule has 48 heavy (non-hydrogen) atoms. The molecule has 0 saturated carbocycles. The van der Waals surface area contributed by atoms with E-state index in [2.05, 4.69) is 16.0 Å². The van der Waals surface area contributed by atoms with E-state index in [9.17, 15) is 27.6 Å². The summed E-state index contributed by atoms with van der Waals surface area (Å²) < 4.78 is 51.4. The maximum absolute atomic E-state index is 13.6. The third kappa shape index (κ3) is 9.55. The second-order valence-electron chi connectivity index (χ2n) is 10.2. The van der Waals surface area contributed by atoms with E-state index in [4.69, 9.17) is 21.1 Å². The number of alkyl halides is 3. The predicted octanol–water partition coefficient (Wildman–Crippen LogP) is 8.30. The maximum atomic E-state index is 13.6. The van der Waals surface area contributed by atoms with Crippen LogP contribution in [0.25, 0.3) is 6.08 Å². The van der Waals surface area contributed by atoms with Crippen LogP contribution < -0.4 is 25.4 Å². The summed E-state index contributed by atoms with van der Waals surface area (Å²) in [7, 11) is 2.97. The minimum atomic E-state index is -4.72. The highest BCUT2D eigenvalue weighted by molar-refractivity contribution is 8.00. The van der Waals surface area contributed by atoms with Crippen molar-refractivity contribution in [3.05, 3.63) is 118 Å². The summed E-state index contributed by atoms with van der Waals surface area (Å²) >= 11 is 6.88. The van der Waals surface area contributed by atoms with Crippen molar-refractivity contribution in [1.82, 2.24) is 5.32 Å². The largest absolute Gasteiger partial charge is 0.497 e. The summed E-state index contributed by atoms with van der Waals surface area (Å²) in [6, 6.07) is 23.1. The molecule has 0 saturated heterocycles. The normalized spacial score (nSPS) is 12.1. The zero-order valence-electron chi connectivity index (χ0n) is 26.0. The van der Waals surface area contributed by atoms with Crippen molar-refractivity contribution >= 4 is 58.5 Å². The molecule has 0 aliphatic heterocycles. The monoisotopic (exact) mass is 697 g/mol. The number of ether oxygens (including phenoxy) is 2. The van der Waals surface area contributed by atoms with Crippen molar-refractivity contribution in [1.29, 1.82) is 0 Å². The zero-order chi connectivity index (χ0) is 34.8. The van der Waals surface area contributed by atoms with Crippen molar-refractivity contribution in [3.8, 4) is 11.5 Å². The molecule has 0 spiro atoms. The van der Waals surface area contributed by atoms with Gasteiger partial charge in [-0.3, -0.25) is 14.4 Å². The number of hydrogen-bond donors (Lipinski definition) is 3. The highest BCUT2D eigenvalue weighted by Crippen LogP contribution is 2.37. The molecule has 250 valence electrons. The third-order valence-corrected chi connectivity index (χ3v) is 8.44. The van der Waals surface area contributed by atoms with Crippen molar-refractivity contribution in [3.63, 3.8) is 0 Å². The van der Waals surface area contributed by atoms with Crippen LogP contribution in [0, 0.1) is 0 Å². The van der Waals surface area contributed by atoms with Crippen molar-refractivity contribution in [2.24, 2.45) is 0 Å². The van der Waals surface area contributed by atoms with E-state index < -0.39 is 40.4 Å². The van der Waals surface area contributed by atoms with Gasteiger partial charge in [-0.1, -0.05) is 42.8 Å². The lowest BCUT2D eigenvalue weighted by atomic mass is 10.1. The number of carbonyl (C=O) groups excluding carboxylic acids is 3. The zero-order valence-corrected chi connectivity index (χ0v) is 27.6. The summed E-state index contributed by atoms with van der Waals surface area (Å²) in [5, 5.41) is 6.94. The highest BCUT2D eigenvalue weighted by atomic mass is 35.5. The Labute approximate surface area is 284 Å². The second kappa shape index (κ2) is 16.2. The van der Waals surface area contributed by atoms with Crippen LogP contribution in [-0.4, -0.2) is 37.2 Å². The van der Waals surface area contributed by atoms with E-state index >= 15 is 0 Å². The molecule has 4 aromatic rings. The summed E-state index contributed by atoms with van der Waals surface area (Å²) in [6.07, 6.45) is -2.96. The fourth-order valence-corrected chi connectivity index (χ4v) is 5.63. The average Bonchev–Trinajstić information content (AvgIpc) is 3.07. The van der Waals surface area contributed by atoms with Gasteiger partial charge in [0, 0.05) is 32.8 Å². The number of halogens is 4. The molecule has 0 aromatic heterocycles. The molecule has 0 fully saturated rings. The van der Waals surface area contributed by atoms with Crippen LogP contribution in [0.1, 0.15) is 34.8 Å². The van der Waals surface area contributed by atoms with Gasteiger partial charge in [-0.15, -0.1) is 11.8 Å². The van der Waals surface area contributed by atoms with Crippen LogP contribution in [0.2, 0.25) is 5.02 Å². The van der Waals surface area contributed by atoms with Gasteiger partial charge in [0.25, 0.3) is 11.8 Å². The number of amides is 3. The van der Waals surface area contributed by atoms with E-state index in [0.29, 0.717) is 39.6 Å². The predicted molar refractivity (Wildman–Crippen MR) is 182 cm³/mol. The Morgan fingerprint density at radius 3 is 2.31 bits per heavy atom. The number of benzene rings is 4. The molecule has 4 aromatic carbocycles. The Morgan fingerprint density at radius 2 is 1.65 bits per heavy atom. The quantitative estimate of drug-likeness (QED) is 0.102. The Bertz CT molecular complexity index is 1820. The smallest absolute Gasteiger partial charge is 0.418 e. The first-order valence-corrected chi connectivity index (χ1v) is 15.7. The van der Waals surface area contributed by atoms with E-state index in [1.165, 1.54) is 26.4 Å². The van der Waals surface area contributed by atoms with Gasteiger partial charge in [0.2, 0.25) is 5.91 Å². The van der Waals surface area contributed by atoms with Crippen molar-refractivity contribution in [2.75, 3.05) is 24.9 Å². The van der Waals surface area contributed by atoms with E-state index in [0.717, 1.165) is 23.9 Å². The lowest BCUT2D eigenvalue weighted by Gasteiger charge is -2.18. The molecule has 8 nitrogen and oxygen atoms in total. The Hall–Kier alpha value is -4.94. The van der Waals surface area contributed by atoms with Crippen LogP contribution in [0.3, 0.4) is 0 Å². The summed E-state index contributed by atoms with van der Waals surface area (Å²) in [4.78, 5) is 40.3. The molecule has 1 atom stereocenters. The first kappa shape index (κ1) is 35.9. The summed E-state index contributed by atoms with van der Waals surface area (Å²) in [6.45, 7) is 1.73. The van der Waals surface area contributed by atoms with Gasteiger partial charge in [-0.2, -0.15) is 13.2 Å². The standard InChI is InChI=1S/C35H31ClF3N3O5S/c1-4-31(34(45)41-28-16-14-23(36)18-27(28)35(37,38)39)48-26-12-8-11-24(19-26)40-33(44)29(42-32(43)21-9-6-5-7-10-21)17-22-13-15-25(46-2)20-30(22)47-3/h5-20,31H,4H2,1-3H3,(H,40,44)(H,41,45)(H,42,43)/b29-17+. The number of methoxy groups -OCH3 is 2. The van der Waals surface area contributed by atoms with Crippen molar-refractivity contribution in [2.45, 2.75) is 29.7 Å². The number of thioether (sulfide) groups is 1. The maximum Gasteiger partial charge on any atom is 0.418 e. The molecule has 3 amide bonds. The minimum Gasteiger partial charge on any atom is -0.497 e. The van der Waals surface area contributed by atoms with Gasteiger partial charge in [0.05, 0.1) is 30.7 Å². The van der Waals surface area contributed by atoms with Crippen LogP contribution in [-0.2, 0) is 15.8 Å². The number of carbonyl (C=O) groups is 3. The summed E-state index contributed by atoms with van der Waals surface area (Å²) in [5.41, 5.74) is -0.363. The second-order valence-corrected chi connectivity index (χ2v) is 11.9. The Kier molecular flexibility index (Phi) is 12.2. The van der Waals surface area contributed by atoms with Gasteiger partial charge in [0.1, 0.15) is 17.2 Å². The first-order valence-electron chi connectivity index (χ1n) is 14.5. The number of nitrogens with one attached hydrogen (secondary N) is 3. The topological polar surface area (TPSA) is 106 Å². The molecule has 1 unspecified atom stereocenters. The molecular weight excluding hydrogens is 667 g/mol. The van der Waals surface area contributed by atoms with Gasteiger partial charge in [0.15, 0.2) is 0 Å². The van der Waals surface area contributed by atoms with Gasteiger partial charge < -0.3 is 25.4 Å². The molecule has 3 N–H and O–H groups in total. The molecule has 0 bridgehead atoms. The summed E-state index contributed by atoms with van der Waals surface area (Å²) in [5.74, 6) is -0.860.